The van der Waals surface area contributed by atoms with Gasteiger partial charge in [0.25, 0.3) is 5.91 Å². The number of carbonyl (C=O) groups is 1. The highest BCUT2D eigenvalue weighted by Crippen LogP contribution is 2.34. The van der Waals surface area contributed by atoms with E-state index in [1.165, 1.54) is 0 Å². The van der Waals surface area contributed by atoms with E-state index >= 15 is 0 Å². The van der Waals surface area contributed by atoms with Crippen molar-refractivity contribution in [2.24, 2.45) is 0 Å². The van der Waals surface area contributed by atoms with Gasteiger partial charge in [0.2, 0.25) is 5.95 Å². The van der Waals surface area contributed by atoms with Gasteiger partial charge in [0.15, 0.2) is 28.8 Å². The van der Waals surface area contributed by atoms with Crippen LogP contribution in [0.4, 0.5) is 39.3 Å². The lowest BCUT2D eigenvalue weighted by Crippen LogP contribution is -2.57. The predicted octanol–water partition coefficient (Wildman–Crippen LogP) is 3.24. The quantitative estimate of drug-likeness (QED) is 0.490. The van der Waals surface area contributed by atoms with Crippen molar-refractivity contribution in [3.63, 3.8) is 0 Å². The highest BCUT2D eigenvalue weighted by atomic mass is 19.1. The summed E-state index contributed by atoms with van der Waals surface area (Å²) in [5.41, 5.74) is -0.311. The Morgan fingerprint density at radius 3 is 2.64 bits per heavy atom. The molecule has 12 heteroatoms. The van der Waals surface area contributed by atoms with Crippen LogP contribution < -0.4 is 25.6 Å². The van der Waals surface area contributed by atoms with E-state index in [9.17, 15) is 9.18 Å². The SMILES string of the molecule is CC1(C)Oc2ccc(Nc3nc(Nc4ccc(N5CN6CCC5CC6)nc4)ncc3F)nc2NC1=O. The molecule has 186 valence electrons. The Bertz CT molecular complexity index is 1310. The van der Waals surface area contributed by atoms with Gasteiger partial charge in [-0.15, -0.1) is 0 Å². The minimum atomic E-state index is -0.999. The van der Waals surface area contributed by atoms with E-state index in [4.69, 9.17) is 4.74 Å². The molecule has 11 nitrogen and oxygen atoms in total. The number of nitrogens with one attached hydrogen (secondary N) is 3. The number of anilines is 6. The standard InChI is InChI=1S/C24H26FN9O2/c1-24(2)22(35)31-21-17(36-24)4-5-18(30-21)29-20-16(25)12-27-23(32-20)28-14-3-6-19(26-11-14)34-13-33-9-7-15(34)8-10-33/h3-6,11-12,15H,7-10,13H2,1-2H3,(H3,27,28,29,30,31,32,35). The fourth-order valence-corrected chi connectivity index (χ4v) is 4.63. The summed E-state index contributed by atoms with van der Waals surface area (Å²) in [7, 11) is 0. The first kappa shape index (κ1) is 22.4. The fraction of sp³-hybridized carbons (Fsp3) is 0.375. The number of piperidine rings is 1. The summed E-state index contributed by atoms with van der Waals surface area (Å²) in [4.78, 5) is 34.2. The van der Waals surface area contributed by atoms with Crippen LogP contribution in [0.15, 0.2) is 36.7 Å². The molecule has 0 saturated carbocycles. The Labute approximate surface area is 207 Å². The van der Waals surface area contributed by atoms with Gasteiger partial charge < -0.3 is 25.6 Å². The van der Waals surface area contributed by atoms with Crippen LogP contribution in [0.3, 0.4) is 0 Å². The number of carbonyl (C=O) groups excluding carboxylic acids is 1. The first-order valence-corrected chi connectivity index (χ1v) is 11.9. The van der Waals surface area contributed by atoms with Gasteiger partial charge in [-0.25, -0.2) is 19.3 Å². The Kier molecular flexibility index (Phi) is 5.32. The van der Waals surface area contributed by atoms with Crippen molar-refractivity contribution in [1.82, 2.24) is 24.8 Å². The Balaban J connectivity index is 1.16. The third kappa shape index (κ3) is 4.24. The van der Waals surface area contributed by atoms with E-state index in [1.807, 2.05) is 12.1 Å². The van der Waals surface area contributed by atoms with E-state index in [1.54, 1.807) is 32.2 Å². The van der Waals surface area contributed by atoms with E-state index in [0.717, 1.165) is 44.6 Å². The summed E-state index contributed by atoms with van der Waals surface area (Å²) in [6, 6.07) is 7.70. The van der Waals surface area contributed by atoms with Gasteiger partial charge in [0, 0.05) is 19.1 Å². The second kappa shape index (κ2) is 8.55. The molecule has 0 aliphatic carbocycles. The Morgan fingerprint density at radius 2 is 1.92 bits per heavy atom. The number of hydrogen-bond acceptors (Lipinski definition) is 10. The normalized spacial score (nSPS) is 21.9. The molecule has 0 aromatic carbocycles. The van der Waals surface area contributed by atoms with Gasteiger partial charge >= 0.3 is 0 Å². The number of ether oxygens (including phenoxy) is 1. The summed E-state index contributed by atoms with van der Waals surface area (Å²) in [6.07, 6.45) is 5.13. The van der Waals surface area contributed by atoms with Crippen molar-refractivity contribution in [2.45, 2.75) is 38.3 Å². The maximum absolute atomic E-state index is 14.5. The molecule has 2 bridgehead atoms. The van der Waals surface area contributed by atoms with E-state index in [2.05, 4.69) is 45.7 Å². The molecule has 0 unspecified atom stereocenters. The molecule has 0 radical (unpaired) electrons. The number of aromatic nitrogens is 4. The summed E-state index contributed by atoms with van der Waals surface area (Å²) in [5, 5.41) is 8.61. The minimum absolute atomic E-state index is 0.0636. The summed E-state index contributed by atoms with van der Waals surface area (Å²) in [5.74, 6) is 1.09. The van der Waals surface area contributed by atoms with E-state index in [0.29, 0.717) is 23.3 Å². The van der Waals surface area contributed by atoms with Gasteiger partial charge in [-0.1, -0.05) is 0 Å². The molecule has 1 amide bonds. The molecule has 3 N–H and O–H groups in total. The number of nitrogens with zero attached hydrogens (tertiary/aromatic N) is 6. The zero-order valence-corrected chi connectivity index (χ0v) is 20.0. The molecule has 4 aliphatic rings. The number of rotatable bonds is 5. The minimum Gasteiger partial charge on any atom is -0.474 e. The predicted molar refractivity (Wildman–Crippen MR) is 132 cm³/mol. The zero-order chi connectivity index (χ0) is 24.9. The topological polar surface area (TPSA) is 120 Å². The molecule has 0 spiro atoms. The largest absolute Gasteiger partial charge is 0.474 e. The Morgan fingerprint density at radius 1 is 1.08 bits per heavy atom. The maximum atomic E-state index is 14.5. The highest BCUT2D eigenvalue weighted by molar-refractivity contribution is 5.99. The molecule has 36 heavy (non-hydrogen) atoms. The highest BCUT2D eigenvalue weighted by Gasteiger charge is 2.36. The second-order valence-electron chi connectivity index (χ2n) is 9.62. The first-order valence-electron chi connectivity index (χ1n) is 11.9. The van der Waals surface area contributed by atoms with Crippen LogP contribution in [0.1, 0.15) is 26.7 Å². The van der Waals surface area contributed by atoms with Crippen LogP contribution >= 0.6 is 0 Å². The van der Waals surface area contributed by atoms with Gasteiger partial charge in [0.05, 0.1) is 24.7 Å². The molecule has 3 aromatic rings. The van der Waals surface area contributed by atoms with Crippen LogP contribution in [-0.2, 0) is 4.79 Å². The van der Waals surface area contributed by atoms with Gasteiger partial charge in [-0.3, -0.25) is 9.69 Å². The molecule has 7 heterocycles. The average molecular weight is 492 g/mol. The molecule has 3 aromatic heterocycles. The van der Waals surface area contributed by atoms with Crippen molar-refractivity contribution in [2.75, 3.05) is 40.6 Å². The summed E-state index contributed by atoms with van der Waals surface area (Å²) < 4.78 is 20.2. The number of amides is 1. The number of halogens is 1. The van der Waals surface area contributed by atoms with Crippen molar-refractivity contribution in [1.29, 1.82) is 0 Å². The fourth-order valence-electron chi connectivity index (χ4n) is 4.63. The van der Waals surface area contributed by atoms with Gasteiger partial charge in [0.1, 0.15) is 11.6 Å². The van der Waals surface area contributed by atoms with E-state index < -0.39 is 11.4 Å². The van der Waals surface area contributed by atoms with Crippen LogP contribution in [0.5, 0.6) is 5.75 Å². The Hall–Kier alpha value is -4.06. The van der Waals surface area contributed by atoms with Gasteiger partial charge in [-0.05, 0) is 51.0 Å². The number of pyridine rings is 2. The van der Waals surface area contributed by atoms with Crippen LogP contribution in [0, 0.1) is 5.82 Å². The van der Waals surface area contributed by atoms with Crippen LogP contribution in [0.2, 0.25) is 0 Å². The molecule has 7 rings (SSSR count). The third-order valence-corrected chi connectivity index (χ3v) is 6.64. The number of fused-ring (bicyclic) bond motifs is 4. The van der Waals surface area contributed by atoms with Crippen molar-refractivity contribution in [3.8, 4) is 5.75 Å². The molecular weight excluding hydrogens is 465 g/mol. The molecule has 4 aliphatic heterocycles. The monoisotopic (exact) mass is 491 g/mol. The summed E-state index contributed by atoms with van der Waals surface area (Å²) >= 11 is 0. The average Bonchev–Trinajstić information content (AvgIpc) is 2.88. The van der Waals surface area contributed by atoms with Crippen molar-refractivity contribution in [3.05, 3.63) is 42.5 Å². The van der Waals surface area contributed by atoms with Crippen molar-refractivity contribution < 1.29 is 13.9 Å². The molecule has 3 saturated heterocycles. The first-order chi connectivity index (χ1) is 17.3. The lowest BCUT2D eigenvalue weighted by atomic mass is 10.0. The second-order valence-corrected chi connectivity index (χ2v) is 9.62. The third-order valence-electron chi connectivity index (χ3n) is 6.64. The molecule has 3 fully saturated rings. The van der Waals surface area contributed by atoms with Crippen LogP contribution in [-0.4, -0.2) is 62.1 Å². The zero-order valence-electron chi connectivity index (χ0n) is 20.0. The van der Waals surface area contributed by atoms with Gasteiger partial charge in [-0.2, -0.15) is 4.98 Å². The molecular formula is C24H26FN9O2. The molecule has 0 atom stereocenters. The lowest BCUT2D eigenvalue weighted by molar-refractivity contribution is -0.129. The van der Waals surface area contributed by atoms with E-state index in [-0.39, 0.29) is 23.5 Å². The van der Waals surface area contributed by atoms with Crippen LogP contribution in [0.25, 0.3) is 0 Å². The smallest absolute Gasteiger partial charge is 0.269 e. The maximum Gasteiger partial charge on any atom is 0.269 e. The summed E-state index contributed by atoms with van der Waals surface area (Å²) in [6.45, 7) is 6.55. The van der Waals surface area contributed by atoms with Crippen molar-refractivity contribution >= 4 is 40.8 Å². The number of hydrogen-bond donors (Lipinski definition) is 3. The lowest BCUT2D eigenvalue weighted by Gasteiger charge is -2.47.